The van der Waals surface area contributed by atoms with Crippen LogP contribution in [0.2, 0.25) is 0 Å². The van der Waals surface area contributed by atoms with Crippen molar-refractivity contribution in [1.29, 1.82) is 0 Å². The molecule has 0 bridgehead atoms. The van der Waals surface area contributed by atoms with Crippen LogP contribution in [0.3, 0.4) is 0 Å². The molecular weight excluding hydrogens is 321 g/mol. The number of hydrogen-bond donors (Lipinski definition) is 3. The van der Waals surface area contributed by atoms with Gasteiger partial charge in [0.05, 0.1) is 24.8 Å². The second-order valence-corrected chi connectivity index (χ2v) is 8.37. The third-order valence-corrected chi connectivity index (χ3v) is 5.17. The lowest BCUT2D eigenvalue weighted by Crippen LogP contribution is -2.23. The molecule has 8 nitrogen and oxygen atoms in total. The fraction of sp³-hybridized carbons (Fsp3) is 1.00. The highest BCUT2D eigenvalue weighted by atomic mass is 31.2. The number of hydrogen-bond acceptors (Lipinski definition) is 5. The predicted octanol–water partition coefficient (Wildman–Crippen LogP) is 0.605. The van der Waals surface area contributed by atoms with Crippen LogP contribution in [-0.2, 0) is 22.9 Å². The summed E-state index contributed by atoms with van der Waals surface area (Å²) < 4.78 is 37.6. The van der Waals surface area contributed by atoms with Gasteiger partial charge in [0.15, 0.2) is 0 Å². The third-order valence-electron chi connectivity index (χ3n) is 3.20. The minimum absolute atomic E-state index is 0.105. The van der Waals surface area contributed by atoms with E-state index >= 15 is 0 Å². The minimum Gasteiger partial charge on any atom is -0.379 e. The molecule has 1 heterocycles. The third kappa shape index (κ3) is 7.91. The first-order chi connectivity index (χ1) is 9.63. The molecule has 0 spiro atoms. The van der Waals surface area contributed by atoms with Crippen LogP contribution in [0.1, 0.15) is 32.6 Å². The topological polar surface area (TPSA) is 123 Å². The van der Waals surface area contributed by atoms with Gasteiger partial charge in [-0.05, 0) is 6.42 Å². The molecule has 1 saturated heterocycles. The van der Waals surface area contributed by atoms with Crippen molar-refractivity contribution in [1.82, 2.24) is 0 Å². The first kappa shape index (κ1) is 19.3. The van der Waals surface area contributed by atoms with E-state index in [1.54, 1.807) is 7.85 Å². The molecule has 0 aliphatic carbocycles. The minimum atomic E-state index is -4.54. The lowest BCUT2D eigenvalue weighted by molar-refractivity contribution is 0.0307. The monoisotopic (exact) mass is 344 g/mol. The summed E-state index contributed by atoms with van der Waals surface area (Å²) in [6.07, 6.45) is 1.67. The van der Waals surface area contributed by atoms with Crippen LogP contribution in [0.5, 0.6) is 0 Å². The maximum atomic E-state index is 11.9. The molecule has 4 atom stereocenters. The van der Waals surface area contributed by atoms with Gasteiger partial charge in [0.25, 0.3) is 0 Å². The van der Waals surface area contributed by atoms with Crippen LogP contribution < -0.4 is 0 Å². The normalized spacial score (nSPS) is 29.4. The Hall–Kier alpha value is 0.285. The maximum absolute atomic E-state index is 11.9. The highest BCUT2D eigenvalue weighted by Crippen LogP contribution is 2.47. The zero-order valence-electron chi connectivity index (χ0n) is 12.3. The quantitative estimate of drug-likeness (QED) is 0.316. The molecule has 0 aromatic heterocycles. The largest absolute Gasteiger partial charge is 0.469 e. The molecule has 0 aromatic rings. The Bertz CT molecular complexity index is 414. The van der Waals surface area contributed by atoms with Crippen LogP contribution in [0, 0.1) is 0 Å². The highest BCUT2D eigenvalue weighted by molar-refractivity contribution is 7.52. The molecule has 0 saturated carbocycles. The van der Waals surface area contributed by atoms with E-state index in [1.165, 1.54) is 0 Å². The highest BCUT2D eigenvalue weighted by Gasteiger charge is 2.38. The molecule has 0 amide bonds. The molecular formula is C10H23BO8P2. The van der Waals surface area contributed by atoms with Crippen LogP contribution >= 0.6 is 15.4 Å². The standard InChI is InChI=1S/C10H23BO8P2/c1-2-3-4-5-20(12,13)19-9-6-8(18-10(9)11)7-17-21(14,15)16/h8-10H,2-7,11H2,1H3,(H,12,13)(H2,14,15,16)/t8-,9+,10+/m0/s1. The summed E-state index contributed by atoms with van der Waals surface area (Å²) in [5, 5.41) is 0. The average molecular weight is 344 g/mol. The van der Waals surface area contributed by atoms with E-state index < -0.39 is 33.6 Å². The Labute approximate surface area is 125 Å². The van der Waals surface area contributed by atoms with Crippen LogP contribution in [0.25, 0.3) is 0 Å². The van der Waals surface area contributed by atoms with Gasteiger partial charge in [0, 0.05) is 12.6 Å². The van der Waals surface area contributed by atoms with E-state index in [0.29, 0.717) is 6.42 Å². The van der Waals surface area contributed by atoms with E-state index in [4.69, 9.17) is 19.0 Å². The Morgan fingerprint density at radius 1 is 1.29 bits per heavy atom. The molecule has 21 heavy (non-hydrogen) atoms. The number of ether oxygens (including phenoxy) is 1. The molecule has 1 unspecified atom stereocenters. The van der Waals surface area contributed by atoms with E-state index in [0.717, 1.165) is 12.8 Å². The van der Waals surface area contributed by atoms with Gasteiger partial charge in [-0.3, -0.25) is 9.09 Å². The van der Waals surface area contributed by atoms with Crippen LogP contribution in [-0.4, -0.2) is 53.5 Å². The Morgan fingerprint density at radius 3 is 2.52 bits per heavy atom. The molecule has 124 valence electrons. The van der Waals surface area contributed by atoms with Crippen molar-refractivity contribution in [2.75, 3.05) is 12.8 Å². The van der Waals surface area contributed by atoms with Crippen molar-refractivity contribution in [3.63, 3.8) is 0 Å². The molecule has 11 heteroatoms. The Morgan fingerprint density at radius 2 is 1.95 bits per heavy atom. The number of phosphoric acid groups is 1. The zero-order chi connectivity index (χ0) is 16.1. The molecule has 3 N–H and O–H groups in total. The fourth-order valence-corrected chi connectivity index (χ4v) is 3.91. The summed E-state index contributed by atoms with van der Waals surface area (Å²) in [6.45, 7) is 1.72. The molecule has 1 fully saturated rings. The van der Waals surface area contributed by atoms with Crippen molar-refractivity contribution < 1.29 is 37.6 Å². The summed E-state index contributed by atoms with van der Waals surface area (Å²) in [7, 11) is -6.51. The maximum Gasteiger partial charge on any atom is 0.469 e. The van der Waals surface area contributed by atoms with Crippen molar-refractivity contribution in [3.05, 3.63) is 0 Å². The summed E-state index contributed by atoms with van der Waals surface area (Å²) >= 11 is 0. The van der Waals surface area contributed by atoms with Crippen molar-refractivity contribution in [2.45, 2.75) is 50.8 Å². The zero-order valence-corrected chi connectivity index (χ0v) is 14.0. The van der Waals surface area contributed by atoms with Crippen molar-refractivity contribution >= 4 is 23.3 Å². The lowest BCUT2D eigenvalue weighted by Gasteiger charge is -2.19. The van der Waals surface area contributed by atoms with Gasteiger partial charge in [0.2, 0.25) is 0 Å². The van der Waals surface area contributed by atoms with Gasteiger partial charge in [0.1, 0.15) is 7.85 Å². The SMILES string of the molecule is B[C@@H]1O[C@H](COP(=O)(O)O)C[C@H]1OP(=O)(O)CCCCC. The average Bonchev–Trinajstić information content (AvgIpc) is 2.66. The Balaban J connectivity index is 2.42. The van der Waals surface area contributed by atoms with E-state index in [9.17, 15) is 14.0 Å². The van der Waals surface area contributed by atoms with Gasteiger partial charge in [-0.1, -0.05) is 19.8 Å². The molecule has 1 rings (SSSR count). The van der Waals surface area contributed by atoms with Gasteiger partial charge in [-0.15, -0.1) is 0 Å². The lowest BCUT2D eigenvalue weighted by atomic mass is 9.95. The second-order valence-electron chi connectivity index (χ2n) is 5.20. The molecule has 0 radical (unpaired) electrons. The number of unbranched alkanes of at least 4 members (excludes halogenated alkanes) is 2. The smallest absolute Gasteiger partial charge is 0.379 e. The van der Waals surface area contributed by atoms with Crippen molar-refractivity contribution in [2.24, 2.45) is 0 Å². The van der Waals surface area contributed by atoms with Gasteiger partial charge in [-0.25, -0.2) is 4.57 Å². The molecule has 1 aliphatic heterocycles. The van der Waals surface area contributed by atoms with Gasteiger partial charge >= 0.3 is 15.4 Å². The van der Waals surface area contributed by atoms with Gasteiger partial charge < -0.3 is 23.9 Å². The van der Waals surface area contributed by atoms with E-state index in [1.807, 2.05) is 6.92 Å². The second kappa shape index (κ2) is 8.23. The number of rotatable bonds is 9. The summed E-state index contributed by atoms with van der Waals surface area (Å²) in [6, 6.07) is -0.429. The van der Waals surface area contributed by atoms with E-state index in [2.05, 4.69) is 4.52 Å². The molecule has 0 aromatic carbocycles. The van der Waals surface area contributed by atoms with Crippen molar-refractivity contribution in [3.8, 4) is 0 Å². The number of phosphoric ester groups is 1. The predicted molar refractivity (Wildman–Crippen MR) is 78.9 cm³/mol. The molecule has 1 aliphatic rings. The summed E-state index contributed by atoms with van der Waals surface area (Å²) in [5.41, 5.74) is 0. The summed E-state index contributed by atoms with van der Waals surface area (Å²) in [4.78, 5) is 27.1. The van der Waals surface area contributed by atoms with Crippen LogP contribution in [0.4, 0.5) is 0 Å². The van der Waals surface area contributed by atoms with Gasteiger partial charge in [-0.2, -0.15) is 0 Å². The van der Waals surface area contributed by atoms with E-state index in [-0.39, 0.29) is 19.2 Å². The Kier molecular flexibility index (Phi) is 7.57. The summed E-state index contributed by atoms with van der Waals surface area (Å²) in [5.74, 6) is 0. The van der Waals surface area contributed by atoms with Crippen LogP contribution in [0.15, 0.2) is 0 Å². The first-order valence-electron chi connectivity index (χ1n) is 6.98. The first-order valence-corrected chi connectivity index (χ1v) is 10.3. The fourth-order valence-electron chi connectivity index (χ4n) is 2.14.